The molecule has 1 amide bonds. The zero-order valence-corrected chi connectivity index (χ0v) is 13.4. The molecule has 0 saturated heterocycles. The Morgan fingerprint density at radius 1 is 1.24 bits per heavy atom. The first kappa shape index (κ1) is 17.0. The Hall–Kier alpha value is -2.10. The topological polar surface area (TPSA) is 55.1 Å². The number of nitrogens with zero attached hydrogens (tertiary/aromatic N) is 1. The van der Waals surface area contributed by atoms with Crippen molar-refractivity contribution in [2.45, 2.75) is 47.0 Å². The summed E-state index contributed by atoms with van der Waals surface area (Å²) in [6, 6.07) is 9.43. The number of hydrogen-bond donors (Lipinski definition) is 1. The molecule has 1 heterocycles. The van der Waals surface area contributed by atoms with Gasteiger partial charge in [-0.05, 0) is 26.0 Å². The minimum absolute atomic E-state index is 0.0184. The lowest BCUT2D eigenvalue weighted by Crippen LogP contribution is -2.14. The zero-order valence-electron chi connectivity index (χ0n) is 13.4. The van der Waals surface area contributed by atoms with Crippen LogP contribution in [0.1, 0.15) is 50.1 Å². The van der Waals surface area contributed by atoms with Crippen molar-refractivity contribution in [3.05, 3.63) is 47.3 Å². The minimum atomic E-state index is -0.0212. The molecule has 1 aromatic heterocycles. The van der Waals surface area contributed by atoms with E-state index in [9.17, 15) is 4.79 Å². The normalized spacial score (nSPS) is 11.3. The molecule has 0 fully saturated rings. The van der Waals surface area contributed by atoms with Crippen LogP contribution >= 0.6 is 0 Å². The number of hydrogen-bond acceptors (Lipinski definition) is 3. The Morgan fingerprint density at radius 2 is 1.86 bits per heavy atom. The molecule has 0 bridgehead atoms. The van der Waals surface area contributed by atoms with Crippen molar-refractivity contribution in [2.75, 3.05) is 5.32 Å². The van der Waals surface area contributed by atoms with Crippen molar-refractivity contribution in [3.63, 3.8) is 0 Å². The Kier molecular flexibility index (Phi) is 6.66. The third kappa shape index (κ3) is 4.74. The van der Waals surface area contributed by atoms with Gasteiger partial charge in [-0.1, -0.05) is 44.1 Å². The highest BCUT2D eigenvalue weighted by Gasteiger charge is 2.19. The van der Waals surface area contributed by atoms with Crippen LogP contribution < -0.4 is 5.32 Å². The first-order chi connectivity index (χ1) is 10.1. The van der Waals surface area contributed by atoms with Gasteiger partial charge in [-0.15, -0.1) is 0 Å². The maximum absolute atomic E-state index is 11.9. The molecular formula is C17H24N2O2. The number of rotatable bonds is 4. The van der Waals surface area contributed by atoms with Gasteiger partial charge in [0.1, 0.15) is 5.76 Å². The van der Waals surface area contributed by atoms with Gasteiger partial charge in [0.05, 0.1) is 5.69 Å². The van der Waals surface area contributed by atoms with E-state index in [1.165, 1.54) is 0 Å². The maximum atomic E-state index is 11.9. The summed E-state index contributed by atoms with van der Waals surface area (Å²) in [7, 11) is 0. The maximum Gasteiger partial charge on any atom is 0.225 e. The smallest absolute Gasteiger partial charge is 0.225 e. The average Bonchev–Trinajstić information content (AvgIpc) is 2.82. The predicted molar refractivity (Wildman–Crippen MR) is 85.4 cm³/mol. The second-order valence-electron chi connectivity index (χ2n) is 4.78. The molecule has 4 heteroatoms. The summed E-state index contributed by atoms with van der Waals surface area (Å²) in [4.78, 5) is 11.9. The first-order valence-corrected chi connectivity index (χ1v) is 7.35. The summed E-state index contributed by atoms with van der Waals surface area (Å²) in [6.07, 6.45) is 0.379. The quantitative estimate of drug-likeness (QED) is 0.904. The summed E-state index contributed by atoms with van der Waals surface area (Å²) in [5.41, 5.74) is 2.72. The molecule has 0 aliphatic heterocycles. The molecule has 0 saturated carbocycles. The van der Waals surface area contributed by atoms with Crippen LogP contribution in [0, 0.1) is 13.8 Å². The molecule has 0 aliphatic rings. The fourth-order valence-corrected chi connectivity index (χ4v) is 2.00. The highest BCUT2D eigenvalue weighted by molar-refractivity contribution is 5.91. The molecule has 1 atom stereocenters. The SMILES string of the molecule is CC.Cc1noc([C@H](C)CC(=O)Nc2ccccc2)c1C. The van der Waals surface area contributed by atoms with Crippen LogP contribution in [-0.2, 0) is 4.79 Å². The Bertz CT molecular complexity index is 561. The minimum Gasteiger partial charge on any atom is -0.361 e. The number of para-hydroxylation sites is 1. The van der Waals surface area contributed by atoms with Crippen LogP contribution in [0.2, 0.25) is 0 Å². The summed E-state index contributed by atoms with van der Waals surface area (Å²) in [6.45, 7) is 9.84. The third-order valence-corrected chi connectivity index (χ3v) is 3.19. The molecular weight excluding hydrogens is 264 g/mol. The first-order valence-electron chi connectivity index (χ1n) is 7.35. The van der Waals surface area contributed by atoms with E-state index in [4.69, 9.17) is 4.52 Å². The zero-order chi connectivity index (χ0) is 15.8. The van der Waals surface area contributed by atoms with E-state index in [0.717, 1.165) is 22.7 Å². The van der Waals surface area contributed by atoms with Crippen LogP contribution in [0.5, 0.6) is 0 Å². The number of nitrogens with one attached hydrogen (secondary N) is 1. The number of aromatic nitrogens is 1. The molecule has 1 N–H and O–H groups in total. The van der Waals surface area contributed by atoms with Crippen LogP contribution in [0.3, 0.4) is 0 Å². The molecule has 21 heavy (non-hydrogen) atoms. The van der Waals surface area contributed by atoms with Gasteiger partial charge in [-0.25, -0.2) is 0 Å². The van der Waals surface area contributed by atoms with Crippen LogP contribution in [-0.4, -0.2) is 11.1 Å². The lowest BCUT2D eigenvalue weighted by atomic mass is 10.0. The van der Waals surface area contributed by atoms with Crippen LogP contribution in [0.4, 0.5) is 5.69 Å². The summed E-state index contributed by atoms with van der Waals surface area (Å²) in [5, 5.41) is 6.79. The standard InChI is InChI=1S/C15H18N2O2.C2H6/c1-10(15-11(2)12(3)17-19-15)9-14(18)16-13-7-5-4-6-8-13;1-2/h4-8,10H,9H2,1-3H3,(H,16,18);1-2H3/t10-;/m1./s1. The third-order valence-electron chi connectivity index (χ3n) is 3.19. The molecule has 2 aromatic rings. The number of benzene rings is 1. The molecule has 1 aromatic carbocycles. The van der Waals surface area contributed by atoms with Gasteiger partial charge in [0.2, 0.25) is 5.91 Å². The number of carbonyl (C=O) groups excluding carboxylic acids is 1. The number of anilines is 1. The van der Waals surface area contributed by atoms with Crippen molar-refractivity contribution in [1.29, 1.82) is 0 Å². The summed E-state index contributed by atoms with van der Waals surface area (Å²) in [5.74, 6) is 0.790. The molecule has 0 radical (unpaired) electrons. The summed E-state index contributed by atoms with van der Waals surface area (Å²) < 4.78 is 5.28. The van der Waals surface area contributed by atoms with Gasteiger partial charge < -0.3 is 9.84 Å². The second-order valence-corrected chi connectivity index (χ2v) is 4.78. The van der Waals surface area contributed by atoms with Gasteiger partial charge in [0, 0.05) is 23.6 Å². The van der Waals surface area contributed by atoms with E-state index in [1.807, 2.05) is 65.0 Å². The molecule has 2 rings (SSSR count). The second kappa shape index (κ2) is 8.25. The van der Waals surface area contributed by atoms with Crippen molar-refractivity contribution in [2.24, 2.45) is 0 Å². The Labute approximate surface area is 126 Å². The highest BCUT2D eigenvalue weighted by atomic mass is 16.5. The number of aryl methyl sites for hydroxylation is 1. The van der Waals surface area contributed by atoms with E-state index in [1.54, 1.807) is 0 Å². The predicted octanol–water partition coefficient (Wildman–Crippen LogP) is 4.45. The van der Waals surface area contributed by atoms with Crippen molar-refractivity contribution < 1.29 is 9.32 Å². The van der Waals surface area contributed by atoms with E-state index in [2.05, 4.69) is 10.5 Å². The van der Waals surface area contributed by atoms with Gasteiger partial charge in [-0.2, -0.15) is 0 Å². The van der Waals surface area contributed by atoms with Crippen molar-refractivity contribution in [1.82, 2.24) is 5.16 Å². The van der Waals surface area contributed by atoms with E-state index >= 15 is 0 Å². The lowest BCUT2D eigenvalue weighted by Gasteiger charge is -2.09. The number of amides is 1. The molecule has 0 aliphatic carbocycles. The van der Waals surface area contributed by atoms with Gasteiger partial charge in [0.25, 0.3) is 0 Å². The molecule has 0 spiro atoms. The van der Waals surface area contributed by atoms with Gasteiger partial charge >= 0.3 is 0 Å². The summed E-state index contributed by atoms with van der Waals surface area (Å²) >= 11 is 0. The largest absolute Gasteiger partial charge is 0.361 e. The Balaban J connectivity index is 0.00000106. The number of carbonyl (C=O) groups is 1. The van der Waals surface area contributed by atoms with Crippen molar-refractivity contribution in [3.8, 4) is 0 Å². The fraction of sp³-hybridized carbons (Fsp3) is 0.412. The molecule has 114 valence electrons. The van der Waals surface area contributed by atoms with E-state index in [0.29, 0.717) is 6.42 Å². The average molecular weight is 288 g/mol. The van der Waals surface area contributed by atoms with E-state index < -0.39 is 0 Å². The Morgan fingerprint density at radius 3 is 2.38 bits per heavy atom. The fourth-order valence-electron chi connectivity index (χ4n) is 2.00. The van der Waals surface area contributed by atoms with Crippen LogP contribution in [0.25, 0.3) is 0 Å². The van der Waals surface area contributed by atoms with Crippen LogP contribution in [0.15, 0.2) is 34.9 Å². The van der Waals surface area contributed by atoms with Gasteiger partial charge in [-0.3, -0.25) is 4.79 Å². The highest BCUT2D eigenvalue weighted by Crippen LogP contribution is 2.24. The molecule has 4 nitrogen and oxygen atoms in total. The lowest BCUT2D eigenvalue weighted by molar-refractivity contribution is -0.116. The van der Waals surface area contributed by atoms with Crippen molar-refractivity contribution >= 4 is 11.6 Å². The monoisotopic (exact) mass is 288 g/mol. The van der Waals surface area contributed by atoms with E-state index in [-0.39, 0.29) is 11.8 Å². The molecule has 0 unspecified atom stereocenters. The van der Waals surface area contributed by atoms with Gasteiger partial charge in [0.15, 0.2) is 0 Å².